The number of halogens is 2. The van der Waals surface area contributed by atoms with Gasteiger partial charge in [0, 0.05) is 25.7 Å². The van der Waals surface area contributed by atoms with Crippen LogP contribution >= 0.6 is 0 Å². The number of alkyl halides is 2. The summed E-state index contributed by atoms with van der Waals surface area (Å²) in [5.74, 6) is 0.112. The Morgan fingerprint density at radius 1 is 1.33 bits per heavy atom. The zero-order valence-corrected chi connectivity index (χ0v) is 13.4. The molecule has 2 fully saturated rings. The number of rotatable bonds is 5. The van der Waals surface area contributed by atoms with Gasteiger partial charge in [0.05, 0.1) is 18.2 Å². The average Bonchev–Trinajstić information content (AvgIpc) is 3.04. The summed E-state index contributed by atoms with van der Waals surface area (Å²) >= 11 is 0. The van der Waals surface area contributed by atoms with Crippen LogP contribution in [0.2, 0.25) is 0 Å². The van der Waals surface area contributed by atoms with Crippen molar-refractivity contribution in [3.8, 4) is 5.75 Å². The van der Waals surface area contributed by atoms with Gasteiger partial charge in [-0.1, -0.05) is 12.1 Å². The molecule has 7 heteroatoms. The maximum atomic E-state index is 12.5. The lowest BCUT2D eigenvalue weighted by Gasteiger charge is -2.24. The van der Waals surface area contributed by atoms with Crippen molar-refractivity contribution in [3.05, 3.63) is 24.3 Å². The van der Waals surface area contributed by atoms with Crippen molar-refractivity contribution in [2.24, 2.45) is 5.92 Å². The molecule has 2 aliphatic heterocycles. The molecule has 1 amide bonds. The lowest BCUT2D eigenvalue weighted by atomic mass is 10.0. The van der Waals surface area contributed by atoms with Gasteiger partial charge in [-0.2, -0.15) is 8.78 Å². The van der Waals surface area contributed by atoms with Gasteiger partial charge in [0.1, 0.15) is 5.75 Å². The van der Waals surface area contributed by atoms with E-state index in [0.717, 1.165) is 25.9 Å². The molecule has 0 radical (unpaired) electrons. The van der Waals surface area contributed by atoms with Gasteiger partial charge < -0.3 is 19.7 Å². The third-order valence-electron chi connectivity index (χ3n) is 4.49. The lowest BCUT2D eigenvalue weighted by molar-refractivity contribution is -0.129. The molecule has 0 saturated carbocycles. The molecule has 2 heterocycles. The second-order valence-corrected chi connectivity index (χ2v) is 6.20. The van der Waals surface area contributed by atoms with Crippen molar-refractivity contribution < 1.29 is 23.0 Å². The van der Waals surface area contributed by atoms with Gasteiger partial charge in [-0.3, -0.25) is 4.79 Å². The van der Waals surface area contributed by atoms with Crippen LogP contribution < -0.4 is 15.0 Å². The predicted molar refractivity (Wildman–Crippen MR) is 85.4 cm³/mol. The first-order chi connectivity index (χ1) is 11.6. The standard InChI is InChI=1S/C17H22F2N2O3/c18-17(19)24-15-6-2-1-5-14(15)21-8-7-13(10-21)20-16(22)12-4-3-9-23-11-12/h1-2,5-6,12-13,17H,3-4,7-11H2,(H,20,22)/t12-,13+/m0/s1. The molecular formula is C17H22F2N2O3. The summed E-state index contributed by atoms with van der Waals surface area (Å²) in [6, 6.07) is 6.77. The lowest BCUT2D eigenvalue weighted by Crippen LogP contribution is -2.42. The van der Waals surface area contributed by atoms with E-state index in [4.69, 9.17) is 4.74 Å². The van der Waals surface area contributed by atoms with Crippen molar-refractivity contribution in [1.29, 1.82) is 0 Å². The summed E-state index contributed by atoms with van der Waals surface area (Å²) in [7, 11) is 0. The Bertz CT molecular complexity index is 565. The van der Waals surface area contributed by atoms with E-state index in [2.05, 4.69) is 10.1 Å². The van der Waals surface area contributed by atoms with E-state index in [1.807, 2.05) is 4.90 Å². The van der Waals surface area contributed by atoms with Crippen molar-refractivity contribution in [1.82, 2.24) is 5.32 Å². The molecule has 0 aliphatic carbocycles. The number of para-hydroxylation sites is 2. The number of carbonyl (C=O) groups excluding carboxylic acids is 1. The molecule has 3 rings (SSSR count). The van der Waals surface area contributed by atoms with E-state index >= 15 is 0 Å². The number of hydrogen-bond acceptors (Lipinski definition) is 4. The maximum absolute atomic E-state index is 12.5. The minimum Gasteiger partial charge on any atom is -0.433 e. The van der Waals surface area contributed by atoms with E-state index in [1.165, 1.54) is 6.07 Å². The predicted octanol–water partition coefficient (Wildman–Crippen LogP) is 2.41. The van der Waals surface area contributed by atoms with Crippen LogP contribution in [0, 0.1) is 5.92 Å². The summed E-state index contributed by atoms with van der Waals surface area (Å²) in [4.78, 5) is 14.2. The highest BCUT2D eigenvalue weighted by molar-refractivity contribution is 5.79. The van der Waals surface area contributed by atoms with E-state index in [-0.39, 0.29) is 23.6 Å². The Hall–Kier alpha value is -1.89. The highest BCUT2D eigenvalue weighted by Crippen LogP contribution is 2.31. The summed E-state index contributed by atoms with van der Waals surface area (Å²) < 4.78 is 35.0. The Balaban J connectivity index is 1.58. The number of nitrogens with zero attached hydrogens (tertiary/aromatic N) is 1. The van der Waals surface area contributed by atoms with Crippen LogP contribution in [0.1, 0.15) is 19.3 Å². The van der Waals surface area contributed by atoms with Crippen molar-refractivity contribution in [3.63, 3.8) is 0 Å². The van der Waals surface area contributed by atoms with E-state index in [0.29, 0.717) is 25.4 Å². The normalized spacial score (nSPS) is 24.2. The second kappa shape index (κ2) is 7.79. The molecule has 0 bridgehead atoms. The average molecular weight is 340 g/mol. The van der Waals surface area contributed by atoms with Gasteiger partial charge >= 0.3 is 6.61 Å². The number of hydrogen-bond donors (Lipinski definition) is 1. The van der Waals surface area contributed by atoms with Crippen LogP contribution in [-0.4, -0.2) is 44.9 Å². The number of ether oxygens (including phenoxy) is 2. The fraction of sp³-hybridized carbons (Fsp3) is 0.588. The highest BCUT2D eigenvalue weighted by atomic mass is 19.3. The number of nitrogens with one attached hydrogen (secondary N) is 1. The summed E-state index contributed by atoms with van der Waals surface area (Å²) in [6.45, 7) is -0.371. The van der Waals surface area contributed by atoms with Gasteiger partial charge in [-0.05, 0) is 31.4 Å². The number of carbonyl (C=O) groups is 1. The van der Waals surface area contributed by atoms with Crippen LogP contribution in [0.5, 0.6) is 5.75 Å². The number of anilines is 1. The molecule has 0 spiro atoms. The fourth-order valence-corrected chi connectivity index (χ4v) is 3.28. The Labute approximate surface area is 139 Å². The first-order valence-electron chi connectivity index (χ1n) is 8.30. The van der Waals surface area contributed by atoms with Crippen LogP contribution in [-0.2, 0) is 9.53 Å². The fourth-order valence-electron chi connectivity index (χ4n) is 3.28. The molecule has 2 aliphatic rings. The Morgan fingerprint density at radius 3 is 2.92 bits per heavy atom. The summed E-state index contributed by atoms with van der Waals surface area (Å²) in [5.41, 5.74) is 0.635. The van der Waals surface area contributed by atoms with Gasteiger partial charge in [0.15, 0.2) is 0 Å². The molecule has 5 nitrogen and oxygen atoms in total. The molecule has 2 atom stereocenters. The molecule has 1 aromatic rings. The van der Waals surface area contributed by atoms with Crippen LogP contribution in [0.4, 0.5) is 14.5 Å². The SMILES string of the molecule is O=C(N[C@@H]1CCN(c2ccccc2OC(F)F)C1)[C@H]1CCCOC1. The van der Waals surface area contributed by atoms with Gasteiger partial charge in [0.2, 0.25) is 5.91 Å². The van der Waals surface area contributed by atoms with Crippen molar-refractivity contribution in [2.45, 2.75) is 31.9 Å². The highest BCUT2D eigenvalue weighted by Gasteiger charge is 2.29. The minimum atomic E-state index is -2.85. The van der Waals surface area contributed by atoms with E-state index in [1.54, 1.807) is 18.2 Å². The molecule has 1 N–H and O–H groups in total. The number of benzene rings is 1. The topological polar surface area (TPSA) is 50.8 Å². The molecule has 132 valence electrons. The van der Waals surface area contributed by atoms with Crippen LogP contribution in [0.3, 0.4) is 0 Å². The molecule has 0 aromatic heterocycles. The molecule has 0 unspecified atom stereocenters. The van der Waals surface area contributed by atoms with Crippen molar-refractivity contribution in [2.75, 3.05) is 31.2 Å². The third kappa shape index (κ3) is 4.14. The third-order valence-corrected chi connectivity index (χ3v) is 4.49. The molecule has 1 aromatic carbocycles. The second-order valence-electron chi connectivity index (χ2n) is 6.20. The largest absolute Gasteiger partial charge is 0.433 e. The maximum Gasteiger partial charge on any atom is 0.387 e. The van der Waals surface area contributed by atoms with Crippen LogP contribution in [0.25, 0.3) is 0 Å². The Morgan fingerprint density at radius 2 is 2.17 bits per heavy atom. The van der Waals surface area contributed by atoms with Gasteiger partial charge in [0.25, 0.3) is 0 Å². The zero-order chi connectivity index (χ0) is 16.9. The first-order valence-corrected chi connectivity index (χ1v) is 8.30. The first kappa shape index (κ1) is 17.0. The van der Waals surface area contributed by atoms with Crippen LogP contribution in [0.15, 0.2) is 24.3 Å². The number of amides is 1. The molecular weight excluding hydrogens is 318 g/mol. The van der Waals surface area contributed by atoms with E-state index < -0.39 is 6.61 Å². The summed E-state index contributed by atoms with van der Waals surface area (Å²) in [6.07, 6.45) is 2.54. The van der Waals surface area contributed by atoms with Gasteiger partial charge in [-0.25, -0.2) is 0 Å². The van der Waals surface area contributed by atoms with Gasteiger partial charge in [-0.15, -0.1) is 0 Å². The quantitative estimate of drug-likeness (QED) is 0.894. The summed E-state index contributed by atoms with van der Waals surface area (Å²) in [5, 5.41) is 3.06. The monoisotopic (exact) mass is 340 g/mol. The minimum absolute atomic E-state index is 0.0130. The zero-order valence-electron chi connectivity index (χ0n) is 13.4. The van der Waals surface area contributed by atoms with Crippen molar-refractivity contribution >= 4 is 11.6 Å². The molecule has 24 heavy (non-hydrogen) atoms. The van der Waals surface area contributed by atoms with E-state index in [9.17, 15) is 13.6 Å². The Kier molecular flexibility index (Phi) is 5.50. The smallest absolute Gasteiger partial charge is 0.387 e. The molecule has 2 saturated heterocycles.